The fraction of sp³-hybridized carbons (Fsp3) is 0.385. The topological polar surface area (TPSA) is 210 Å². The van der Waals surface area contributed by atoms with Gasteiger partial charge in [0.1, 0.15) is 17.2 Å². The normalized spacial score (nSPS) is 13.6. The van der Waals surface area contributed by atoms with E-state index in [1.807, 2.05) is 0 Å². The van der Waals surface area contributed by atoms with E-state index in [1.165, 1.54) is 25.3 Å². The fourth-order valence-electron chi connectivity index (χ4n) is 4.09. The van der Waals surface area contributed by atoms with Gasteiger partial charge in [0.2, 0.25) is 11.8 Å². The maximum atomic E-state index is 11.8. The first-order valence-electron chi connectivity index (χ1n) is 12.7. The third kappa shape index (κ3) is 8.22. The zero-order valence-corrected chi connectivity index (χ0v) is 22.3. The van der Waals surface area contributed by atoms with Crippen molar-refractivity contribution >= 4 is 34.6 Å². The predicted molar refractivity (Wildman–Crippen MR) is 151 cm³/mol. The maximum absolute atomic E-state index is 11.8. The van der Waals surface area contributed by atoms with Crippen LogP contribution in [0.2, 0.25) is 0 Å². The molecule has 0 aliphatic carbocycles. The number of anilines is 3. The molecule has 2 aromatic rings. The van der Waals surface area contributed by atoms with Gasteiger partial charge in [0, 0.05) is 49.9 Å². The van der Waals surface area contributed by atoms with Gasteiger partial charge in [-0.1, -0.05) is 12.2 Å². The number of nitrogen functional groups attached to an aromatic ring is 1. The molecular formula is C26H35N7O7. The van der Waals surface area contributed by atoms with Crippen molar-refractivity contribution in [3.63, 3.8) is 0 Å². The summed E-state index contributed by atoms with van der Waals surface area (Å²) in [5.74, 6) is -0.886. The average molecular weight is 558 g/mol. The van der Waals surface area contributed by atoms with E-state index in [-0.39, 0.29) is 34.8 Å². The second kappa shape index (κ2) is 14.6. The van der Waals surface area contributed by atoms with Gasteiger partial charge in [0.25, 0.3) is 5.69 Å². The average Bonchev–Trinajstić information content (AvgIpc) is 2.93. The van der Waals surface area contributed by atoms with Gasteiger partial charge in [-0.05, 0) is 24.6 Å². The molecule has 0 aromatic heterocycles. The van der Waals surface area contributed by atoms with Crippen LogP contribution in [0.1, 0.15) is 27.1 Å². The number of amides is 2. The summed E-state index contributed by atoms with van der Waals surface area (Å²) in [5.41, 5.74) is 17.6. The molecule has 0 atom stereocenters. The van der Waals surface area contributed by atoms with E-state index in [4.69, 9.17) is 31.4 Å². The summed E-state index contributed by atoms with van der Waals surface area (Å²) < 4.78 is 16.5. The number of hydrogen-bond donors (Lipinski definition) is 5. The van der Waals surface area contributed by atoms with Crippen LogP contribution in [0.5, 0.6) is 11.5 Å². The molecule has 0 radical (unpaired) electrons. The van der Waals surface area contributed by atoms with E-state index < -0.39 is 16.7 Å². The Labute approximate surface area is 231 Å². The highest BCUT2D eigenvalue weighted by atomic mass is 16.6. The molecule has 14 heteroatoms. The van der Waals surface area contributed by atoms with Gasteiger partial charge < -0.3 is 42.0 Å². The molecule has 0 bridgehead atoms. The minimum Gasteiger partial charge on any atom is -0.494 e. The largest absolute Gasteiger partial charge is 0.494 e. The number of morpholine rings is 1. The highest BCUT2D eigenvalue weighted by Crippen LogP contribution is 2.36. The number of benzene rings is 2. The standard InChI is InChI=1S/C26H35N7O7/c1-38-21-15-17(25(28)34)13-19(27)23(21)30-5-2-3-6-31-24-20(33(36)37)14-18(26(29)35)16-22(24)40-10-4-7-32-8-11-39-12-9-32/h2-3,13-16,30-31H,4-12,27H2,1H3,(H2,28,34)(H2,29,35)/b3-2+. The summed E-state index contributed by atoms with van der Waals surface area (Å²) >= 11 is 0. The summed E-state index contributed by atoms with van der Waals surface area (Å²) in [6.45, 7) is 4.70. The first-order valence-corrected chi connectivity index (χ1v) is 12.7. The van der Waals surface area contributed by atoms with Gasteiger partial charge in [-0.15, -0.1) is 0 Å². The minimum absolute atomic E-state index is 0.0194. The number of rotatable bonds is 15. The van der Waals surface area contributed by atoms with E-state index in [0.29, 0.717) is 49.9 Å². The zero-order valence-electron chi connectivity index (χ0n) is 22.3. The van der Waals surface area contributed by atoms with Crippen LogP contribution >= 0.6 is 0 Å². The van der Waals surface area contributed by atoms with Crippen molar-refractivity contribution in [3.05, 3.63) is 57.7 Å². The van der Waals surface area contributed by atoms with Crippen LogP contribution in [0.4, 0.5) is 22.7 Å². The number of nitrogens with one attached hydrogen (secondary N) is 2. The Balaban J connectivity index is 1.65. The lowest BCUT2D eigenvalue weighted by Crippen LogP contribution is -2.37. The van der Waals surface area contributed by atoms with Crippen LogP contribution in [-0.2, 0) is 4.74 Å². The van der Waals surface area contributed by atoms with Crippen molar-refractivity contribution in [2.45, 2.75) is 6.42 Å². The van der Waals surface area contributed by atoms with Crippen molar-refractivity contribution in [1.29, 1.82) is 0 Å². The Hall–Kier alpha value is -4.56. The summed E-state index contributed by atoms with van der Waals surface area (Å²) in [6.07, 6.45) is 4.22. The SMILES string of the molecule is COc1cc(C(N)=O)cc(N)c1NC/C=C/CNc1c(OCCCN2CCOCC2)cc(C(N)=O)cc1[N+](=O)[O-]. The smallest absolute Gasteiger partial charge is 0.296 e. The lowest BCUT2D eigenvalue weighted by Gasteiger charge is -2.26. The first-order chi connectivity index (χ1) is 19.2. The van der Waals surface area contributed by atoms with Crippen molar-refractivity contribution in [2.24, 2.45) is 11.5 Å². The summed E-state index contributed by atoms with van der Waals surface area (Å²) in [5, 5.41) is 17.9. The Morgan fingerprint density at radius 2 is 1.62 bits per heavy atom. The molecule has 2 aromatic carbocycles. The monoisotopic (exact) mass is 557 g/mol. The number of ether oxygens (including phenoxy) is 3. The molecule has 8 N–H and O–H groups in total. The molecule has 1 saturated heterocycles. The highest BCUT2D eigenvalue weighted by Gasteiger charge is 2.22. The molecule has 1 aliphatic heterocycles. The second-order valence-electron chi connectivity index (χ2n) is 8.89. The van der Waals surface area contributed by atoms with Gasteiger partial charge in [-0.25, -0.2) is 0 Å². The van der Waals surface area contributed by atoms with E-state index in [1.54, 1.807) is 12.2 Å². The quantitative estimate of drug-likeness (QED) is 0.0697. The molecule has 1 fully saturated rings. The number of nitro benzene ring substituents is 1. The maximum Gasteiger partial charge on any atom is 0.296 e. The van der Waals surface area contributed by atoms with E-state index in [9.17, 15) is 19.7 Å². The van der Waals surface area contributed by atoms with Crippen molar-refractivity contribution < 1.29 is 28.7 Å². The van der Waals surface area contributed by atoms with E-state index in [2.05, 4.69) is 15.5 Å². The second-order valence-corrected chi connectivity index (χ2v) is 8.89. The summed E-state index contributed by atoms with van der Waals surface area (Å²) in [6, 6.07) is 5.48. The van der Waals surface area contributed by atoms with Crippen LogP contribution in [0.15, 0.2) is 36.4 Å². The van der Waals surface area contributed by atoms with Crippen LogP contribution < -0.4 is 37.3 Å². The van der Waals surface area contributed by atoms with E-state index in [0.717, 1.165) is 25.7 Å². The highest BCUT2D eigenvalue weighted by molar-refractivity contribution is 5.96. The van der Waals surface area contributed by atoms with Crippen LogP contribution in [0, 0.1) is 10.1 Å². The lowest BCUT2D eigenvalue weighted by molar-refractivity contribution is -0.384. The van der Waals surface area contributed by atoms with E-state index >= 15 is 0 Å². The van der Waals surface area contributed by atoms with Crippen molar-refractivity contribution in [1.82, 2.24) is 4.90 Å². The molecule has 0 unspecified atom stereocenters. The molecule has 1 heterocycles. The number of nitrogens with two attached hydrogens (primary N) is 3. The van der Waals surface area contributed by atoms with Crippen LogP contribution in [0.25, 0.3) is 0 Å². The molecule has 216 valence electrons. The van der Waals surface area contributed by atoms with Gasteiger partial charge in [-0.3, -0.25) is 24.6 Å². The Morgan fingerprint density at radius 1 is 1.02 bits per heavy atom. The van der Waals surface area contributed by atoms with Gasteiger partial charge in [0.15, 0.2) is 5.69 Å². The Kier molecular flexibility index (Phi) is 10.9. The number of carbonyl (C=O) groups excluding carboxylic acids is 2. The number of methoxy groups -OCH3 is 1. The summed E-state index contributed by atoms with van der Waals surface area (Å²) in [4.78, 5) is 36.7. The number of carbonyl (C=O) groups is 2. The number of primary amides is 2. The number of nitrogens with zero attached hydrogens (tertiary/aromatic N) is 2. The van der Waals surface area contributed by atoms with Crippen LogP contribution in [-0.4, -0.2) is 81.3 Å². The zero-order chi connectivity index (χ0) is 29.1. The molecule has 3 rings (SSSR count). The van der Waals surface area contributed by atoms with Crippen molar-refractivity contribution in [2.75, 3.05) is 76.0 Å². The molecule has 0 saturated carbocycles. The molecule has 0 spiro atoms. The first kappa shape index (κ1) is 30.0. The molecule has 40 heavy (non-hydrogen) atoms. The minimum atomic E-state index is -0.794. The third-order valence-corrected chi connectivity index (χ3v) is 6.14. The van der Waals surface area contributed by atoms with Gasteiger partial charge >= 0.3 is 0 Å². The predicted octanol–water partition coefficient (Wildman–Crippen LogP) is 1.56. The van der Waals surface area contributed by atoms with Crippen molar-refractivity contribution in [3.8, 4) is 11.5 Å². The Bertz CT molecular complexity index is 1250. The summed E-state index contributed by atoms with van der Waals surface area (Å²) in [7, 11) is 1.45. The molecule has 2 amide bonds. The third-order valence-electron chi connectivity index (χ3n) is 6.14. The van der Waals surface area contributed by atoms with Gasteiger partial charge in [-0.2, -0.15) is 0 Å². The Morgan fingerprint density at radius 3 is 2.23 bits per heavy atom. The number of hydrogen-bond acceptors (Lipinski definition) is 11. The fourth-order valence-corrected chi connectivity index (χ4v) is 4.09. The van der Waals surface area contributed by atoms with Gasteiger partial charge in [0.05, 0.1) is 37.5 Å². The molecular weight excluding hydrogens is 522 g/mol. The molecule has 1 aliphatic rings. The number of nitro groups is 1. The molecule has 14 nitrogen and oxygen atoms in total. The van der Waals surface area contributed by atoms with Crippen LogP contribution in [0.3, 0.4) is 0 Å². The lowest BCUT2D eigenvalue weighted by atomic mass is 10.1.